The van der Waals surface area contributed by atoms with E-state index in [9.17, 15) is 13.6 Å². The fourth-order valence-corrected chi connectivity index (χ4v) is 2.72. The lowest BCUT2D eigenvalue weighted by atomic mass is 9.96. The molecule has 2 aromatic carbocycles. The van der Waals surface area contributed by atoms with Gasteiger partial charge in [-0.15, -0.1) is 0 Å². The molecule has 0 unspecified atom stereocenters. The molecule has 1 atom stereocenters. The zero-order valence-electron chi connectivity index (χ0n) is 13.5. The number of nitrogens with two attached hydrogens (primary N) is 1. The van der Waals surface area contributed by atoms with Crippen molar-refractivity contribution in [2.45, 2.75) is 19.9 Å². The molecule has 1 amide bonds. The van der Waals surface area contributed by atoms with Crippen molar-refractivity contribution in [1.82, 2.24) is 0 Å². The summed E-state index contributed by atoms with van der Waals surface area (Å²) in [4.78, 5) is 12.1. The molecule has 0 aliphatic heterocycles. The normalized spacial score (nSPS) is 12.2. The molecule has 0 aliphatic carbocycles. The Kier molecular flexibility index (Phi) is 6.29. The molecule has 0 saturated carbocycles. The van der Waals surface area contributed by atoms with Gasteiger partial charge in [-0.25, -0.2) is 8.78 Å². The van der Waals surface area contributed by atoms with E-state index in [0.29, 0.717) is 5.69 Å². The zero-order valence-corrected chi connectivity index (χ0v) is 14.3. The Balaban J connectivity index is 1.98. The van der Waals surface area contributed by atoms with Gasteiger partial charge in [0.05, 0.1) is 10.7 Å². The largest absolute Gasteiger partial charge is 0.332 e. The lowest BCUT2D eigenvalue weighted by Crippen LogP contribution is -2.88. The molecular formula is C18H20ClF2N2O+. The Hall–Kier alpha value is -1.98. The third-order valence-electron chi connectivity index (χ3n) is 3.74. The van der Waals surface area contributed by atoms with Gasteiger partial charge in [0.2, 0.25) is 0 Å². The molecule has 2 rings (SSSR count). The zero-order chi connectivity index (χ0) is 17.7. The van der Waals surface area contributed by atoms with E-state index in [2.05, 4.69) is 5.32 Å². The molecule has 3 N–H and O–H groups in total. The summed E-state index contributed by atoms with van der Waals surface area (Å²) in [5.41, 5.74) is 1.33. The number of quaternary nitrogens is 1. The van der Waals surface area contributed by atoms with Crippen molar-refractivity contribution < 1.29 is 18.9 Å². The molecule has 0 fully saturated rings. The van der Waals surface area contributed by atoms with E-state index in [4.69, 9.17) is 11.6 Å². The van der Waals surface area contributed by atoms with E-state index in [-0.39, 0.29) is 35.3 Å². The van der Waals surface area contributed by atoms with Crippen LogP contribution in [0.5, 0.6) is 0 Å². The van der Waals surface area contributed by atoms with Crippen LogP contribution in [-0.4, -0.2) is 12.5 Å². The number of benzene rings is 2. The van der Waals surface area contributed by atoms with E-state index in [1.54, 1.807) is 12.1 Å². The van der Waals surface area contributed by atoms with E-state index in [1.807, 2.05) is 19.2 Å². The van der Waals surface area contributed by atoms with Crippen LogP contribution in [0.15, 0.2) is 42.5 Å². The molecule has 128 valence electrons. The van der Waals surface area contributed by atoms with Crippen molar-refractivity contribution >= 4 is 23.2 Å². The molecule has 0 heterocycles. The molecular weight excluding hydrogens is 334 g/mol. The Bertz CT molecular complexity index is 705. The number of hydrogen-bond donors (Lipinski definition) is 2. The standard InChI is InChI=1S/C18H19ClF2N2O/c1-11(2)18(12-3-5-13(20)6-4-12)22-10-17(24)23-16-8-7-14(21)9-15(16)19/h3-9,11,18,22H,10H2,1-2H3,(H,23,24)/p+1/t18-/m0/s1. The number of carbonyl (C=O) groups is 1. The van der Waals surface area contributed by atoms with Crippen molar-refractivity contribution in [1.29, 1.82) is 0 Å². The fourth-order valence-electron chi connectivity index (χ4n) is 2.50. The van der Waals surface area contributed by atoms with E-state index in [0.717, 1.165) is 11.6 Å². The first-order chi connectivity index (χ1) is 11.4. The number of carbonyl (C=O) groups excluding carboxylic acids is 1. The van der Waals surface area contributed by atoms with Gasteiger partial charge in [-0.05, 0) is 30.3 Å². The minimum absolute atomic E-state index is 0.0278. The highest BCUT2D eigenvalue weighted by Gasteiger charge is 2.20. The number of halogens is 3. The summed E-state index contributed by atoms with van der Waals surface area (Å²) in [5, 5.41) is 4.71. The van der Waals surface area contributed by atoms with E-state index >= 15 is 0 Å². The van der Waals surface area contributed by atoms with Crippen LogP contribution < -0.4 is 10.6 Å². The summed E-state index contributed by atoms with van der Waals surface area (Å²) >= 11 is 5.90. The van der Waals surface area contributed by atoms with Crippen LogP contribution in [0.2, 0.25) is 5.02 Å². The molecule has 3 nitrogen and oxygen atoms in total. The summed E-state index contributed by atoms with van der Waals surface area (Å²) in [5.74, 6) is -0.723. The van der Waals surface area contributed by atoms with Gasteiger partial charge in [-0.2, -0.15) is 0 Å². The van der Waals surface area contributed by atoms with Gasteiger partial charge < -0.3 is 10.6 Å². The molecule has 24 heavy (non-hydrogen) atoms. The van der Waals surface area contributed by atoms with Crippen LogP contribution in [0, 0.1) is 17.6 Å². The van der Waals surface area contributed by atoms with Crippen molar-refractivity contribution in [3.05, 3.63) is 64.7 Å². The molecule has 0 spiro atoms. The maximum Gasteiger partial charge on any atom is 0.279 e. The number of hydrogen-bond acceptors (Lipinski definition) is 1. The van der Waals surface area contributed by atoms with Gasteiger partial charge in [0.1, 0.15) is 17.7 Å². The summed E-state index contributed by atoms with van der Waals surface area (Å²) in [6, 6.07) is 10.1. The highest BCUT2D eigenvalue weighted by molar-refractivity contribution is 6.33. The summed E-state index contributed by atoms with van der Waals surface area (Å²) in [7, 11) is 0. The summed E-state index contributed by atoms with van der Waals surface area (Å²) < 4.78 is 26.1. The van der Waals surface area contributed by atoms with Gasteiger partial charge in [0.25, 0.3) is 5.91 Å². The molecule has 0 saturated heterocycles. The van der Waals surface area contributed by atoms with Gasteiger partial charge in [-0.3, -0.25) is 4.79 Å². The van der Waals surface area contributed by atoms with Crippen LogP contribution in [0.25, 0.3) is 0 Å². The number of anilines is 1. The fraction of sp³-hybridized carbons (Fsp3) is 0.278. The lowest BCUT2D eigenvalue weighted by molar-refractivity contribution is -0.692. The van der Waals surface area contributed by atoms with Crippen molar-refractivity contribution in [3.63, 3.8) is 0 Å². The highest BCUT2D eigenvalue weighted by atomic mass is 35.5. The van der Waals surface area contributed by atoms with Crippen LogP contribution in [0.3, 0.4) is 0 Å². The first-order valence-electron chi connectivity index (χ1n) is 7.70. The van der Waals surface area contributed by atoms with E-state index in [1.165, 1.54) is 24.3 Å². The van der Waals surface area contributed by atoms with Crippen LogP contribution in [-0.2, 0) is 4.79 Å². The average Bonchev–Trinajstić information content (AvgIpc) is 2.52. The maximum absolute atomic E-state index is 13.1. The number of amides is 1. The minimum atomic E-state index is -0.458. The monoisotopic (exact) mass is 353 g/mol. The molecule has 0 aromatic heterocycles. The van der Waals surface area contributed by atoms with Crippen LogP contribution in [0.1, 0.15) is 25.5 Å². The number of nitrogens with one attached hydrogen (secondary N) is 1. The van der Waals surface area contributed by atoms with Crippen molar-refractivity contribution in [2.75, 3.05) is 11.9 Å². The minimum Gasteiger partial charge on any atom is -0.332 e. The smallest absolute Gasteiger partial charge is 0.279 e. The number of rotatable bonds is 6. The topological polar surface area (TPSA) is 45.7 Å². The third kappa shape index (κ3) is 5.01. The third-order valence-corrected chi connectivity index (χ3v) is 4.05. The Morgan fingerprint density at radius 1 is 1.12 bits per heavy atom. The average molecular weight is 354 g/mol. The first kappa shape index (κ1) is 18.4. The summed E-state index contributed by atoms with van der Waals surface area (Å²) in [6.45, 7) is 4.26. The van der Waals surface area contributed by atoms with Gasteiger partial charge >= 0.3 is 0 Å². The van der Waals surface area contributed by atoms with Gasteiger partial charge in [-0.1, -0.05) is 37.6 Å². The predicted octanol–water partition coefficient (Wildman–Crippen LogP) is 3.52. The van der Waals surface area contributed by atoms with Gasteiger partial charge in [0, 0.05) is 11.5 Å². The second-order valence-electron chi connectivity index (χ2n) is 5.93. The molecule has 0 aliphatic rings. The first-order valence-corrected chi connectivity index (χ1v) is 8.08. The van der Waals surface area contributed by atoms with E-state index < -0.39 is 5.82 Å². The molecule has 0 radical (unpaired) electrons. The quantitative estimate of drug-likeness (QED) is 0.820. The lowest BCUT2D eigenvalue weighted by Gasteiger charge is -2.19. The van der Waals surface area contributed by atoms with Crippen LogP contribution in [0.4, 0.5) is 14.5 Å². The molecule has 6 heteroatoms. The maximum atomic E-state index is 13.1. The van der Waals surface area contributed by atoms with Crippen LogP contribution >= 0.6 is 11.6 Å². The highest BCUT2D eigenvalue weighted by Crippen LogP contribution is 2.22. The second kappa shape index (κ2) is 8.22. The Morgan fingerprint density at radius 3 is 2.33 bits per heavy atom. The molecule has 2 aromatic rings. The molecule has 0 bridgehead atoms. The van der Waals surface area contributed by atoms with Gasteiger partial charge in [0.15, 0.2) is 6.54 Å². The van der Waals surface area contributed by atoms with Crippen molar-refractivity contribution in [2.24, 2.45) is 5.92 Å². The summed E-state index contributed by atoms with van der Waals surface area (Å²) in [6.07, 6.45) is 0. The predicted molar refractivity (Wildman–Crippen MR) is 90.8 cm³/mol. The van der Waals surface area contributed by atoms with Crippen molar-refractivity contribution in [3.8, 4) is 0 Å². The SMILES string of the molecule is CC(C)[C@H]([NH2+]CC(=O)Nc1ccc(F)cc1Cl)c1ccc(F)cc1. The Morgan fingerprint density at radius 2 is 1.75 bits per heavy atom. The Labute approximate surface area is 145 Å². The second-order valence-corrected chi connectivity index (χ2v) is 6.34.